The van der Waals surface area contributed by atoms with Crippen LogP contribution in [0.25, 0.3) is 66.1 Å². The predicted molar refractivity (Wildman–Crippen MR) is 250 cm³/mol. The SMILES string of the molecule is CC1C=C(c2ccc3c4cc(-c5ccc6c(c5)C(C)(C)c5ccccc5-6)ccc4n(-c4ccccc4)c3c2)C=CC1CC(c1ccccc1)c1cccc2ccccc12. The van der Waals surface area contributed by atoms with E-state index in [1.54, 1.807) is 0 Å². The highest BCUT2D eigenvalue weighted by Gasteiger charge is 2.35. The molecule has 1 nitrogen and oxygen atoms in total. The molecule has 0 saturated carbocycles. The van der Waals surface area contributed by atoms with Crippen LogP contribution in [0.3, 0.4) is 0 Å². The highest BCUT2D eigenvalue weighted by Crippen LogP contribution is 2.50. The molecule has 1 heterocycles. The van der Waals surface area contributed by atoms with E-state index in [0.29, 0.717) is 17.8 Å². The van der Waals surface area contributed by atoms with E-state index in [0.717, 1.165) is 6.42 Å². The average molecular weight is 758 g/mol. The summed E-state index contributed by atoms with van der Waals surface area (Å²) >= 11 is 0. The smallest absolute Gasteiger partial charge is 0.0547 e. The van der Waals surface area contributed by atoms with Gasteiger partial charge in [0.1, 0.15) is 0 Å². The van der Waals surface area contributed by atoms with Crippen LogP contribution >= 0.6 is 0 Å². The van der Waals surface area contributed by atoms with Gasteiger partial charge in [0.2, 0.25) is 0 Å². The highest BCUT2D eigenvalue weighted by molar-refractivity contribution is 6.11. The van der Waals surface area contributed by atoms with Gasteiger partial charge in [0, 0.05) is 27.8 Å². The molecule has 1 heteroatoms. The summed E-state index contributed by atoms with van der Waals surface area (Å²) in [6.07, 6.45) is 8.44. The lowest BCUT2D eigenvalue weighted by atomic mass is 9.75. The normalized spacial score (nSPS) is 17.2. The maximum Gasteiger partial charge on any atom is 0.0547 e. The van der Waals surface area contributed by atoms with Crippen molar-refractivity contribution < 1.29 is 0 Å². The molecule has 0 amide bonds. The third kappa shape index (κ3) is 5.91. The van der Waals surface area contributed by atoms with E-state index in [1.165, 1.54) is 93.9 Å². The predicted octanol–water partition coefficient (Wildman–Crippen LogP) is 15.3. The van der Waals surface area contributed by atoms with Crippen LogP contribution in [0.4, 0.5) is 0 Å². The largest absolute Gasteiger partial charge is 0.309 e. The monoisotopic (exact) mass is 757 g/mol. The van der Waals surface area contributed by atoms with Gasteiger partial charge in [-0.1, -0.05) is 185 Å². The second-order valence-corrected chi connectivity index (χ2v) is 17.3. The number of allylic oxidation sites excluding steroid dienone is 4. The molecular formula is C58H47N. The molecular weight excluding hydrogens is 711 g/mol. The van der Waals surface area contributed by atoms with Crippen molar-refractivity contribution in [2.75, 3.05) is 0 Å². The minimum Gasteiger partial charge on any atom is -0.309 e. The zero-order chi connectivity index (χ0) is 39.7. The van der Waals surface area contributed by atoms with Crippen molar-refractivity contribution in [3.63, 3.8) is 0 Å². The maximum absolute atomic E-state index is 2.51. The van der Waals surface area contributed by atoms with Gasteiger partial charge in [-0.25, -0.2) is 0 Å². The average Bonchev–Trinajstić information content (AvgIpc) is 3.73. The van der Waals surface area contributed by atoms with Crippen molar-refractivity contribution in [2.24, 2.45) is 11.8 Å². The van der Waals surface area contributed by atoms with E-state index < -0.39 is 0 Å². The molecule has 2 aliphatic carbocycles. The van der Waals surface area contributed by atoms with Crippen molar-refractivity contribution in [3.8, 4) is 27.9 Å². The Labute approximate surface area is 347 Å². The number of hydrogen-bond acceptors (Lipinski definition) is 0. The van der Waals surface area contributed by atoms with Gasteiger partial charge in [-0.15, -0.1) is 0 Å². The fourth-order valence-corrected chi connectivity index (χ4v) is 10.4. The standard InChI is InChI=1S/C58H47N/c1-38-33-42(26-25-41(38)34-52(40-15-6-4-7-16-40)48-23-14-18-39-17-10-11-21-47(39)48)45-28-31-51-53-35-43(29-32-56(53)59(57(51)37-45)46-19-8-5-9-20-46)44-27-30-50-49-22-12-13-24-54(49)58(2,3)55(50)36-44/h4-33,35-38,41,52H,34H2,1-3H3. The van der Waals surface area contributed by atoms with Crippen molar-refractivity contribution in [3.05, 3.63) is 228 Å². The Bertz CT molecular complexity index is 3120. The second kappa shape index (κ2) is 14.0. The van der Waals surface area contributed by atoms with Crippen molar-refractivity contribution in [1.29, 1.82) is 0 Å². The summed E-state index contributed by atoms with van der Waals surface area (Å²) in [7, 11) is 0. The molecule has 0 aliphatic heterocycles. The number of aromatic nitrogens is 1. The molecule has 0 fully saturated rings. The molecule has 59 heavy (non-hydrogen) atoms. The minimum atomic E-state index is -0.0358. The lowest BCUT2D eigenvalue weighted by Crippen LogP contribution is -2.16. The molecule has 0 bridgehead atoms. The minimum absolute atomic E-state index is 0.0358. The Morgan fingerprint density at radius 1 is 0.542 bits per heavy atom. The zero-order valence-electron chi connectivity index (χ0n) is 33.9. The number of rotatable bonds is 7. The third-order valence-corrected chi connectivity index (χ3v) is 13.6. The summed E-state index contributed by atoms with van der Waals surface area (Å²) in [5.41, 5.74) is 17.0. The van der Waals surface area contributed by atoms with Gasteiger partial charge in [0.25, 0.3) is 0 Å². The third-order valence-electron chi connectivity index (χ3n) is 13.6. The van der Waals surface area contributed by atoms with E-state index in [-0.39, 0.29) is 5.41 Å². The Kier molecular flexibility index (Phi) is 8.41. The number of fused-ring (bicyclic) bond motifs is 7. The Morgan fingerprint density at radius 3 is 2.08 bits per heavy atom. The van der Waals surface area contributed by atoms with Crippen LogP contribution < -0.4 is 0 Å². The molecule has 8 aromatic carbocycles. The molecule has 3 atom stereocenters. The van der Waals surface area contributed by atoms with Gasteiger partial charge in [-0.2, -0.15) is 0 Å². The lowest BCUT2D eigenvalue weighted by molar-refractivity contribution is 0.450. The molecule has 9 aromatic rings. The number of para-hydroxylation sites is 1. The topological polar surface area (TPSA) is 4.93 Å². The van der Waals surface area contributed by atoms with Crippen LogP contribution in [0.1, 0.15) is 60.9 Å². The first-order valence-corrected chi connectivity index (χ1v) is 21.2. The van der Waals surface area contributed by atoms with Gasteiger partial charge in [0.05, 0.1) is 11.0 Å². The van der Waals surface area contributed by atoms with Crippen LogP contribution in [0.15, 0.2) is 200 Å². The van der Waals surface area contributed by atoms with Gasteiger partial charge >= 0.3 is 0 Å². The van der Waals surface area contributed by atoms with Crippen molar-refractivity contribution in [1.82, 2.24) is 4.57 Å². The Hall–Kier alpha value is -6.70. The molecule has 0 radical (unpaired) electrons. The first kappa shape index (κ1) is 35.5. The number of benzene rings is 8. The van der Waals surface area contributed by atoms with Crippen LogP contribution in [0, 0.1) is 11.8 Å². The van der Waals surface area contributed by atoms with E-state index in [4.69, 9.17) is 0 Å². The summed E-state index contributed by atoms with van der Waals surface area (Å²) in [4.78, 5) is 0. The van der Waals surface area contributed by atoms with Gasteiger partial charge in [0.15, 0.2) is 0 Å². The first-order valence-electron chi connectivity index (χ1n) is 21.2. The molecule has 11 rings (SSSR count). The van der Waals surface area contributed by atoms with Crippen LogP contribution in [0.2, 0.25) is 0 Å². The summed E-state index contributed by atoms with van der Waals surface area (Å²) in [6.45, 7) is 7.13. The summed E-state index contributed by atoms with van der Waals surface area (Å²) in [5, 5.41) is 5.20. The zero-order valence-corrected chi connectivity index (χ0v) is 33.9. The fourth-order valence-electron chi connectivity index (χ4n) is 10.4. The maximum atomic E-state index is 2.51. The molecule has 1 aromatic heterocycles. The summed E-state index contributed by atoms with van der Waals surface area (Å²) < 4.78 is 2.45. The van der Waals surface area contributed by atoms with Gasteiger partial charge in [-0.05, 0) is 121 Å². The molecule has 0 spiro atoms. The number of nitrogens with zero attached hydrogens (tertiary/aromatic N) is 1. The molecule has 0 N–H and O–H groups in total. The lowest BCUT2D eigenvalue weighted by Gasteiger charge is -2.29. The second-order valence-electron chi connectivity index (χ2n) is 17.3. The van der Waals surface area contributed by atoms with Crippen LogP contribution in [-0.2, 0) is 5.41 Å². The molecule has 0 saturated heterocycles. The molecule has 2 aliphatic rings. The van der Waals surface area contributed by atoms with Crippen molar-refractivity contribution in [2.45, 2.75) is 38.5 Å². The van der Waals surface area contributed by atoms with Gasteiger partial charge < -0.3 is 4.57 Å². The van der Waals surface area contributed by atoms with Gasteiger partial charge in [-0.3, -0.25) is 0 Å². The Morgan fingerprint density at radius 2 is 1.24 bits per heavy atom. The fraction of sp³-hybridized carbons (Fsp3) is 0.138. The van der Waals surface area contributed by atoms with Crippen LogP contribution in [0.5, 0.6) is 0 Å². The van der Waals surface area contributed by atoms with E-state index in [2.05, 4.69) is 226 Å². The van der Waals surface area contributed by atoms with Crippen molar-refractivity contribution >= 4 is 38.2 Å². The Balaban J connectivity index is 0.958. The molecule has 3 unspecified atom stereocenters. The first-order chi connectivity index (χ1) is 28.9. The number of hydrogen-bond donors (Lipinski definition) is 0. The summed E-state index contributed by atoms with van der Waals surface area (Å²) in [5.74, 6) is 1.11. The quantitative estimate of drug-likeness (QED) is 0.153. The van der Waals surface area contributed by atoms with E-state index >= 15 is 0 Å². The van der Waals surface area contributed by atoms with Crippen LogP contribution in [-0.4, -0.2) is 4.57 Å². The van der Waals surface area contributed by atoms with E-state index in [1.807, 2.05) is 0 Å². The highest BCUT2D eigenvalue weighted by atomic mass is 15.0. The summed E-state index contributed by atoms with van der Waals surface area (Å²) in [6, 6.07) is 67.8. The molecule has 284 valence electrons. The van der Waals surface area contributed by atoms with E-state index in [9.17, 15) is 0 Å².